The van der Waals surface area contributed by atoms with Crippen LogP contribution in [-0.2, 0) is 0 Å². The van der Waals surface area contributed by atoms with Crippen LogP contribution in [0.4, 0.5) is 45.2 Å². The molecule has 0 aliphatic rings. The third-order valence-electron chi connectivity index (χ3n) is 2.54. The SMILES string of the molecule is Fc1nc(F)c(F)c(N=Cc2c(F)c(F)c(F)c(F)c2F)c1F. The predicted molar refractivity (Wildman–Crippen MR) is 57.6 cm³/mol. The van der Waals surface area contributed by atoms with Gasteiger partial charge in [-0.15, -0.1) is 0 Å². The lowest BCUT2D eigenvalue weighted by Gasteiger charge is -2.04. The van der Waals surface area contributed by atoms with E-state index in [-0.39, 0.29) is 6.21 Å². The standard InChI is InChI=1S/C12HF9N2/c13-3-2(4(14)6(16)7(17)5(3)15)1-22-10-8(18)11(20)23-12(21)9(10)19/h1H. The van der Waals surface area contributed by atoms with Gasteiger partial charge in [-0.05, 0) is 0 Å². The highest BCUT2D eigenvalue weighted by Gasteiger charge is 2.25. The second kappa shape index (κ2) is 5.89. The molecule has 0 unspecified atom stereocenters. The van der Waals surface area contributed by atoms with Crippen LogP contribution in [0.15, 0.2) is 4.99 Å². The molecule has 0 saturated carbocycles. The number of halogens is 9. The summed E-state index contributed by atoms with van der Waals surface area (Å²) in [5, 5.41) is 0. The van der Waals surface area contributed by atoms with Crippen molar-refractivity contribution in [2.45, 2.75) is 0 Å². The molecular weight excluding hydrogens is 343 g/mol. The number of nitrogens with zero attached hydrogens (tertiary/aromatic N) is 2. The Morgan fingerprint density at radius 2 is 0.957 bits per heavy atom. The summed E-state index contributed by atoms with van der Waals surface area (Å²) in [4.78, 5) is 4.89. The summed E-state index contributed by atoms with van der Waals surface area (Å²) in [6, 6.07) is 0. The summed E-state index contributed by atoms with van der Waals surface area (Å²) in [6.45, 7) is 0. The summed E-state index contributed by atoms with van der Waals surface area (Å²) in [5.74, 6) is -20.3. The second-order valence-corrected chi connectivity index (χ2v) is 3.91. The number of aromatic nitrogens is 1. The average Bonchev–Trinajstić information content (AvgIpc) is 2.52. The molecule has 0 spiro atoms. The maximum Gasteiger partial charge on any atom is 0.254 e. The van der Waals surface area contributed by atoms with E-state index in [1.54, 1.807) is 0 Å². The first-order valence-corrected chi connectivity index (χ1v) is 5.42. The topological polar surface area (TPSA) is 25.2 Å². The summed E-state index contributed by atoms with van der Waals surface area (Å²) in [5.41, 5.74) is -3.35. The van der Waals surface area contributed by atoms with Crippen molar-refractivity contribution in [3.63, 3.8) is 0 Å². The zero-order valence-corrected chi connectivity index (χ0v) is 10.4. The van der Waals surface area contributed by atoms with Gasteiger partial charge in [0.25, 0.3) is 11.9 Å². The van der Waals surface area contributed by atoms with Crippen LogP contribution >= 0.6 is 0 Å². The van der Waals surface area contributed by atoms with Gasteiger partial charge in [0.05, 0.1) is 5.56 Å². The fourth-order valence-electron chi connectivity index (χ4n) is 1.45. The zero-order chi connectivity index (χ0) is 17.5. The van der Waals surface area contributed by atoms with Crippen LogP contribution in [0.25, 0.3) is 0 Å². The van der Waals surface area contributed by atoms with Crippen LogP contribution in [0.5, 0.6) is 0 Å². The molecule has 1 aromatic carbocycles. The Labute approximate surface area is 120 Å². The maximum absolute atomic E-state index is 13.3. The third kappa shape index (κ3) is 2.73. The van der Waals surface area contributed by atoms with Gasteiger partial charge in [-0.1, -0.05) is 0 Å². The summed E-state index contributed by atoms with van der Waals surface area (Å²) >= 11 is 0. The number of benzene rings is 1. The number of hydrogen-bond donors (Lipinski definition) is 0. The highest BCUT2D eigenvalue weighted by Crippen LogP contribution is 2.26. The first kappa shape index (κ1) is 16.8. The van der Waals surface area contributed by atoms with Gasteiger partial charge in [0.15, 0.2) is 23.3 Å². The summed E-state index contributed by atoms with van der Waals surface area (Å²) in [7, 11) is 0. The Morgan fingerprint density at radius 1 is 0.565 bits per heavy atom. The normalized spacial score (nSPS) is 11.5. The van der Waals surface area contributed by atoms with Crippen LogP contribution in [0.2, 0.25) is 0 Å². The lowest BCUT2D eigenvalue weighted by molar-refractivity contribution is 0.377. The van der Waals surface area contributed by atoms with Crippen LogP contribution in [0, 0.1) is 52.6 Å². The largest absolute Gasteiger partial charge is 0.254 e. The fourth-order valence-corrected chi connectivity index (χ4v) is 1.45. The van der Waals surface area contributed by atoms with E-state index in [4.69, 9.17) is 0 Å². The van der Waals surface area contributed by atoms with Gasteiger partial charge in [-0.25, -0.2) is 26.9 Å². The van der Waals surface area contributed by atoms with Crippen LogP contribution in [-0.4, -0.2) is 11.2 Å². The van der Waals surface area contributed by atoms with Crippen LogP contribution in [0.3, 0.4) is 0 Å². The molecule has 0 aliphatic carbocycles. The van der Waals surface area contributed by atoms with E-state index in [1.165, 1.54) is 0 Å². The molecule has 2 rings (SSSR count). The summed E-state index contributed by atoms with van der Waals surface area (Å²) < 4.78 is 117. The van der Waals surface area contributed by atoms with Crippen molar-refractivity contribution in [1.82, 2.24) is 4.98 Å². The Morgan fingerprint density at radius 3 is 1.39 bits per heavy atom. The molecule has 0 saturated heterocycles. The number of hydrogen-bond acceptors (Lipinski definition) is 2. The minimum absolute atomic E-state index is 0.170. The lowest BCUT2D eigenvalue weighted by Crippen LogP contribution is -2.07. The number of pyridine rings is 1. The van der Waals surface area contributed by atoms with Crippen molar-refractivity contribution >= 4 is 11.9 Å². The lowest BCUT2D eigenvalue weighted by atomic mass is 10.2. The Kier molecular flexibility index (Phi) is 4.30. The van der Waals surface area contributed by atoms with Gasteiger partial charge in [0.1, 0.15) is 5.69 Å². The quantitative estimate of drug-likeness (QED) is 0.265. The average molecular weight is 344 g/mol. The molecule has 1 aromatic heterocycles. The first-order valence-electron chi connectivity index (χ1n) is 5.42. The molecule has 0 N–H and O–H groups in total. The molecule has 122 valence electrons. The van der Waals surface area contributed by atoms with E-state index in [2.05, 4.69) is 9.98 Å². The first-order chi connectivity index (χ1) is 10.7. The van der Waals surface area contributed by atoms with Crippen molar-refractivity contribution in [1.29, 1.82) is 0 Å². The van der Waals surface area contributed by atoms with Crippen molar-refractivity contribution in [2.24, 2.45) is 4.99 Å². The zero-order valence-electron chi connectivity index (χ0n) is 10.4. The monoisotopic (exact) mass is 344 g/mol. The molecule has 0 atom stereocenters. The maximum atomic E-state index is 13.3. The minimum Gasteiger partial charge on any atom is -0.249 e. The fraction of sp³-hybridized carbons (Fsp3) is 0. The molecule has 0 radical (unpaired) electrons. The van der Waals surface area contributed by atoms with E-state index in [0.29, 0.717) is 0 Å². The van der Waals surface area contributed by atoms with Gasteiger partial charge in [0, 0.05) is 6.21 Å². The molecule has 0 amide bonds. The highest BCUT2D eigenvalue weighted by molar-refractivity contribution is 5.82. The smallest absolute Gasteiger partial charge is 0.249 e. The molecule has 2 aromatic rings. The Bertz CT molecular complexity index is 777. The molecule has 11 heteroatoms. The molecular formula is C12HF9N2. The molecule has 0 fully saturated rings. The van der Waals surface area contributed by atoms with Crippen molar-refractivity contribution in [2.75, 3.05) is 0 Å². The van der Waals surface area contributed by atoms with Gasteiger partial charge in [0.2, 0.25) is 17.5 Å². The van der Waals surface area contributed by atoms with E-state index in [1.807, 2.05) is 0 Å². The summed E-state index contributed by atoms with van der Waals surface area (Å²) in [6.07, 6.45) is -0.170. The third-order valence-corrected chi connectivity index (χ3v) is 2.54. The van der Waals surface area contributed by atoms with Crippen molar-refractivity contribution in [3.8, 4) is 0 Å². The van der Waals surface area contributed by atoms with E-state index in [0.717, 1.165) is 0 Å². The van der Waals surface area contributed by atoms with E-state index < -0.39 is 63.9 Å². The van der Waals surface area contributed by atoms with Gasteiger partial charge >= 0.3 is 0 Å². The van der Waals surface area contributed by atoms with Crippen molar-refractivity contribution in [3.05, 3.63) is 58.2 Å². The van der Waals surface area contributed by atoms with E-state index >= 15 is 0 Å². The minimum atomic E-state index is -2.46. The van der Waals surface area contributed by atoms with Gasteiger partial charge < -0.3 is 0 Å². The highest BCUT2D eigenvalue weighted by atomic mass is 19.2. The van der Waals surface area contributed by atoms with E-state index in [9.17, 15) is 39.5 Å². The Hall–Kier alpha value is -2.59. The second-order valence-electron chi connectivity index (χ2n) is 3.91. The molecule has 23 heavy (non-hydrogen) atoms. The molecule has 0 bridgehead atoms. The Balaban J connectivity index is 2.64. The number of aliphatic imine (C=N–C) groups is 1. The molecule has 1 heterocycles. The molecule has 2 nitrogen and oxygen atoms in total. The molecule has 0 aliphatic heterocycles. The predicted octanol–water partition coefficient (Wildman–Crippen LogP) is 4.08. The van der Waals surface area contributed by atoms with Crippen molar-refractivity contribution < 1.29 is 39.5 Å². The van der Waals surface area contributed by atoms with Gasteiger partial charge in [-0.2, -0.15) is 22.5 Å². The number of rotatable bonds is 2. The van der Waals surface area contributed by atoms with Crippen LogP contribution in [0.1, 0.15) is 5.56 Å². The van der Waals surface area contributed by atoms with Crippen LogP contribution < -0.4 is 0 Å². The van der Waals surface area contributed by atoms with Gasteiger partial charge in [-0.3, -0.25) is 0 Å².